The van der Waals surface area contributed by atoms with Gasteiger partial charge in [0.05, 0.1) is 5.02 Å². The van der Waals surface area contributed by atoms with Gasteiger partial charge in [-0.2, -0.15) is 0 Å². The van der Waals surface area contributed by atoms with Gasteiger partial charge in [-0.25, -0.2) is 0 Å². The molecular weight excluding hydrogens is 254 g/mol. The van der Waals surface area contributed by atoms with Crippen LogP contribution in [0.3, 0.4) is 0 Å². The zero-order chi connectivity index (χ0) is 12.1. The molecule has 96 valence electrons. The molecular formula is C13H20ClNOS. The predicted molar refractivity (Wildman–Crippen MR) is 73.6 cm³/mol. The zero-order valence-electron chi connectivity index (χ0n) is 9.99. The van der Waals surface area contributed by atoms with E-state index in [1.165, 1.54) is 30.6 Å². The number of halogens is 1. The minimum absolute atomic E-state index is 0.344. The van der Waals surface area contributed by atoms with Crippen LogP contribution in [0.5, 0.6) is 0 Å². The highest BCUT2D eigenvalue weighted by Crippen LogP contribution is 2.29. The van der Waals surface area contributed by atoms with Crippen molar-refractivity contribution in [2.24, 2.45) is 11.8 Å². The minimum Gasteiger partial charge on any atom is -0.396 e. The van der Waals surface area contributed by atoms with Crippen molar-refractivity contribution in [3.8, 4) is 0 Å². The van der Waals surface area contributed by atoms with Gasteiger partial charge in [0.25, 0.3) is 0 Å². The Morgan fingerprint density at radius 3 is 2.76 bits per heavy atom. The van der Waals surface area contributed by atoms with Crippen LogP contribution in [0.1, 0.15) is 30.6 Å². The lowest BCUT2D eigenvalue weighted by atomic mass is 9.79. The molecule has 1 aromatic heterocycles. The van der Waals surface area contributed by atoms with Crippen molar-refractivity contribution in [3.63, 3.8) is 0 Å². The number of hydrogen-bond donors (Lipinski definition) is 2. The molecule has 0 aliphatic heterocycles. The Morgan fingerprint density at radius 2 is 2.12 bits per heavy atom. The number of aliphatic hydroxyl groups excluding tert-OH is 1. The van der Waals surface area contributed by atoms with E-state index < -0.39 is 0 Å². The van der Waals surface area contributed by atoms with Crippen molar-refractivity contribution in [1.82, 2.24) is 5.32 Å². The van der Waals surface area contributed by atoms with E-state index in [1.807, 2.05) is 11.4 Å². The highest BCUT2D eigenvalue weighted by molar-refractivity contribution is 7.10. The quantitative estimate of drug-likeness (QED) is 0.863. The Hall–Kier alpha value is -0.0900. The van der Waals surface area contributed by atoms with Gasteiger partial charge in [0.1, 0.15) is 0 Å². The van der Waals surface area contributed by atoms with Gasteiger partial charge in [-0.05, 0) is 37.3 Å². The van der Waals surface area contributed by atoms with Crippen LogP contribution in [-0.4, -0.2) is 18.3 Å². The number of aliphatic hydroxyl groups is 1. The first-order valence-corrected chi connectivity index (χ1v) is 7.60. The molecule has 2 N–H and O–H groups in total. The second kappa shape index (κ2) is 6.74. The molecule has 0 saturated heterocycles. The van der Waals surface area contributed by atoms with Crippen LogP contribution in [0.15, 0.2) is 11.4 Å². The van der Waals surface area contributed by atoms with Crippen molar-refractivity contribution in [3.05, 3.63) is 21.3 Å². The number of hydrogen-bond acceptors (Lipinski definition) is 3. The third kappa shape index (κ3) is 3.95. The lowest BCUT2D eigenvalue weighted by molar-refractivity contribution is 0.133. The van der Waals surface area contributed by atoms with E-state index in [-0.39, 0.29) is 0 Å². The summed E-state index contributed by atoms with van der Waals surface area (Å²) in [4.78, 5) is 1.28. The van der Waals surface area contributed by atoms with E-state index in [1.54, 1.807) is 11.3 Å². The van der Waals surface area contributed by atoms with Gasteiger partial charge in [0.2, 0.25) is 0 Å². The first-order valence-electron chi connectivity index (χ1n) is 6.34. The summed E-state index contributed by atoms with van der Waals surface area (Å²) in [5, 5.41) is 15.6. The molecule has 0 spiro atoms. The van der Waals surface area contributed by atoms with Gasteiger partial charge in [-0.15, -0.1) is 11.3 Å². The van der Waals surface area contributed by atoms with Gasteiger partial charge in [-0.3, -0.25) is 0 Å². The monoisotopic (exact) mass is 273 g/mol. The zero-order valence-corrected chi connectivity index (χ0v) is 11.6. The second-order valence-corrected chi connectivity index (χ2v) is 6.28. The van der Waals surface area contributed by atoms with E-state index in [0.29, 0.717) is 18.4 Å². The number of rotatable bonds is 5. The Morgan fingerprint density at radius 1 is 1.35 bits per heavy atom. The standard InChI is InChI=1S/C13H20ClNOS/c14-12-5-13(17-9-12)7-15-6-10-3-1-2-4-11(10)8-16/h5,9-11,15-16H,1-4,6-8H2. The largest absolute Gasteiger partial charge is 0.396 e. The number of nitrogens with one attached hydrogen (secondary N) is 1. The maximum Gasteiger partial charge on any atom is 0.0516 e. The van der Waals surface area contributed by atoms with Gasteiger partial charge in [0, 0.05) is 23.4 Å². The Labute approximate surface area is 112 Å². The fourth-order valence-electron chi connectivity index (χ4n) is 2.62. The summed E-state index contributed by atoms with van der Waals surface area (Å²) in [5.41, 5.74) is 0. The Kier molecular flexibility index (Phi) is 5.29. The molecule has 4 heteroatoms. The van der Waals surface area contributed by atoms with Crippen LogP contribution in [0.4, 0.5) is 0 Å². The molecule has 1 aliphatic carbocycles. The molecule has 2 atom stereocenters. The number of thiophene rings is 1. The van der Waals surface area contributed by atoms with Crippen LogP contribution in [0.2, 0.25) is 5.02 Å². The summed E-state index contributed by atoms with van der Waals surface area (Å²) in [5.74, 6) is 1.15. The fraction of sp³-hybridized carbons (Fsp3) is 0.692. The second-order valence-electron chi connectivity index (χ2n) is 4.85. The highest BCUT2D eigenvalue weighted by atomic mass is 35.5. The lowest BCUT2D eigenvalue weighted by Gasteiger charge is -2.30. The summed E-state index contributed by atoms with van der Waals surface area (Å²) in [6.45, 7) is 2.25. The minimum atomic E-state index is 0.344. The van der Waals surface area contributed by atoms with Gasteiger partial charge in [-0.1, -0.05) is 24.4 Å². The van der Waals surface area contributed by atoms with Gasteiger partial charge >= 0.3 is 0 Å². The van der Waals surface area contributed by atoms with E-state index in [0.717, 1.165) is 18.1 Å². The van der Waals surface area contributed by atoms with E-state index in [9.17, 15) is 5.11 Å². The van der Waals surface area contributed by atoms with Crippen molar-refractivity contribution in [2.75, 3.05) is 13.2 Å². The lowest BCUT2D eigenvalue weighted by Crippen LogP contribution is -2.32. The molecule has 1 saturated carbocycles. The first-order chi connectivity index (χ1) is 8.29. The van der Waals surface area contributed by atoms with Gasteiger partial charge < -0.3 is 10.4 Å². The van der Waals surface area contributed by atoms with E-state index in [4.69, 9.17) is 11.6 Å². The molecule has 0 amide bonds. The molecule has 0 radical (unpaired) electrons. The molecule has 2 unspecified atom stereocenters. The summed E-state index contributed by atoms with van der Waals surface area (Å²) >= 11 is 7.58. The van der Waals surface area contributed by atoms with Crippen LogP contribution in [0, 0.1) is 11.8 Å². The Balaban J connectivity index is 1.73. The predicted octanol–water partition coefficient (Wildman–Crippen LogP) is 3.29. The highest BCUT2D eigenvalue weighted by Gasteiger charge is 2.23. The van der Waals surface area contributed by atoms with E-state index in [2.05, 4.69) is 5.32 Å². The summed E-state index contributed by atoms with van der Waals surface area (Å²) < 4.78 is 0. The average Bonchev–Trinajstić information content (AvgIpc) is 2.76. The molecule has 2 nitrogen and oxygen atoms in total. The van der Waals surface area contributed by atoms with Crippen molar-refractivity contribution >= 4 is 22.9 Å². The average molecular weight is 274 g/mol. The van der Waals surface area contributed by atoms with Crippen LogP contribution in [0.25, 0.3) is 0 Å². The Bertz CT molecular complexity index is 342. The van der Waals surface area contributed by atoms with Crippen molar-refractivity contribution in [2.45, 2.75) is 32.2 Å². The normalized spacial score (nSPS) is 25.1. The van der Waals surface area contributed by atoms with Crippen molar-refractivity contribution < 1.29 is 5.11 Å². The van der Waals surface area contributed by atoms with E-state index >= 15 is 0 Å². The molecule has 0 bridgehead atoms. The van der Waals surface area contributed by atoms with Crippen molar-refractivity contribution in [1.29, 1.82) is 0 Å². The molecule has 1 aliphatic rings. The molecule has 1 heterocycles. The van der Waals surface area contributed by atoms with Crippen LogP contribution >= 0.6 is 22.9 Å². The topological polar surface area (TPSA) is 32.3 Å². The maximum absolute atomic E-state index is 9.34. The summed E-state index contributed by atoms with van der Waals surface area (Å²) in [7, 11) is 0. The molecule has 1 aromatic rings. The fourth-order valence-corrected chi connectivity index (χ4v) is 3.66. The molecule has 2 rings (SSSR count). The smallest absolute Gasteiger partial charge is 0.0516 e. The summed E-state index contributed by atoms with van der Waals surface area (Å²) in [6, 6.07) is 2.02. The molecule has 1 fully saturated rings. The molecule has 17 heavy (non-hydrogen) atoms. The van der Waals surface area contributed by atoms with Crippen LogP contribution < -0.4 is 5.32 Å². The van der Waals surface area contributed by atoms with Crippen LogP contribution in [-0.2, 0) is 6.54 Å². The first kappa shape index (κ1) is 13.3. The summed E-state index contributed by atoms with van der Waals surface area (Å²) in [6.07, 6.45) is 5.03. The van der Waals surface area contributed by atoms with Gasteiger partial charge in [0.15, 0.2) is 0 Å². The molecule has 0 aromatic carbocycles. The SMILES string of the molecule is OCC1CCCCC1CNCc1cc(Cl)cs1. The third-order valence-electron chi connectivity index (χ3n) is 3.63. The maximum atomic E-state index is 9.34. The third-order valence-corrected chi connectivity index (χ3v) is 4.91.